The van der Waals surface area contributed by atoms with Gasteiger partial charge >= 0.3 is 5.97 Å². The topological polar surface area (TPSA) is 92.5 Å². The number of aromatic amines is 1. The lowest BCUT2D eigenvalue weighted by Gasteiger charge is -2.05. The summed E-state index contributed by atoms with van der Waals surface area (Å²) in [6, 6.07) is 3.41. The summed E-state index contributed by atoms with van der Waals surface area (Å²) in [6.07, 6.45) is 0. The molecule has 0 radical (unpaired) electrons. The third kappa shape index (κ3) is 5.54. The molecule has 0 unspecified atom stereocenters. The van der Waals surface area contributed by atoms with Gasteiger partial charge in [-0.15, -0.1) is 0 Å². The van der Waals surface area contributed by atoms with Crippen LogP contribution in [0.4, 0.5) is 0 Å². The van der Waals surface area contributed by atoms with Crippen molar-refractivity contribution in [1.29, 1.82) is 0 Å². The predicted octanol–water partition coefficient (Wildman–Crippen LogP) is -0.346. The number of nitrogens with one attached hydrogen (secondary N) is 3. The summed E-state index contributed by atoms with van der Waals surface area (Å²) in [5.41, 5.74) is 1.20. The number of carbonyl (C=O) groups excluding carboxylic acids is 2. The van der Waals surface area contributed by atoms with Gasteiger partial charge in [0.2, 0.25) is 5.91 Å². The number of carbonyl (C=O) groups is 2. The summed E-state index contributed by atoms with van der Waals surface area (Å²) in [5.74, 6) is -0.514. The molecular weight excluding hydrogens is 250 g/mol. The number of hydrogen-bond donors (Lipinski definition) is 3. The van der Waals surface area contributed by atoms with Gasteiger partial charge in [0.25, 0.3) is 0 Å². The van der Waals surface area contributed by atoms with Crippen LogP contribution >= 0.6 is 0 Å². The minimum Gasteiger partial charge on any atom is -0.464 e. The fraction of sp³-hybridized carbons (Fsp3) is 0.500. The number of H-pyrrole nitrogens is 1. The smallest absolute Gasteiger partial charge is 0.354 e. The van der Waals surface area contributed by atoms with E-state index in [-0.39, 0.29) is 12.5 Å². The van der Waals surface area contributed by atoms with Crippen LogP contribution in [0.5, 0.6) is 0 Å². The molecule has 0 aromatic carbocycles. The third-order valence-electron chi connectivity index (χ3n) is 2.38. The number of esters is 1. The third-order valence-corrected chi connectivity index (χ3v) is 2.38. The Morgan fingerprint density at radius 3 is 2.79 bits per heavy atom. The predicted molar refractivity (Wildman–Crippen MR) is 68.7 cm³/mol. The second-order valence-corrected chi connectivity index (χ2v) is 3.84. The average Bonchev–Trinajstić information content (AvgIpc) is 2.87. The highest BCUT2D eigenvalue weighted by molar-refractivity contribution is 5.87. The highest BCUT2D eigenvalue weighted by Gasteiger charge is 2.07. The van der Waals surface area contributed by atoms with Crippen molar-refractivity contribution < 1.29 is 19.1 Å². The first-order valence-corrected chi connectivity index (χ1v) is 5.90. The van der Waals surface area contributed by atoms with Crippen LogP contribution in [0, 0.1) is 0 Å². The Hall–Kier alpha value is -1.86. The van der Waals surface area contributed by atoms with Gasteiger partial charge in [0, 0.05) is 25.9 Å². The molecule has 0 bridgehead atoms. The molecule has 19 heavy (non-hydrogen) atoms. The zero-order chi connectivity index (χ0) is 14.1. The van der Waals surface area contributed by atoms with Crippen LogP contribution in [0.3, 0.4) is 0 Å². The Morgan fingerprint density at radius 2 is 2.11 bits per heavy atom. The van der Waals surface area contributed by atoms with Crippen LogP contribution in [-0.2, 0) is 20.8 Å². The van der Waals surface area contributed by atoms with E-state index in [9.17, 15) is 9.59 Å². The van der Waals surface area contributed by atoms with Gasteiger partial charge in [0.05, 0.1) is 20.3 Å². The second-order valence-electron chi connectivity index (χ2n) is 3.84. The van der Waals surface area contributed by atoms with Gasteiger partial charge in [-0.3, -0.25) is 4.79 Å². The molecule has 0 saturated carbocycles. The lowest BCUT2D eigenvalue weighted by atomic mass is 10.4. The molecule has 1 aromatic heterocycles. The van der Waals surface area contributed by atoms with Gasteiger partial charge in [-0.2, -0.15) is 0 Å². The van der Waals surface area contributed by atoms with E-state index in [1.54, 1.807) is 19.2 Å². The Bertz CT molecular complexity index is 417. The van der Waals surface area contributed by atoms with E-state index in [0.717, 1.165) is 5.69 Å². The van der Waals surface area contributed by atoms with E-state index in [4.69, 9.17) is 4.74 Å². The molecule has 106 valence electrons. The molecule has 7 nitrogen and oxygen atoms in total. The Kier molecular flexibility index (Phi) is 6.62. The van der Waals surface area contributed by atoms with Gasteiger partial charge in [0.1, 0.15) is 5.69 Å². The van der Waals surface area contributed by atoms with Gasteiger partial charge in [-0.1, -0.05) is 0 Å². The van der Waals surface area contributed by atoms with Crippen LogP contribution in [0.25, 0.3) is 0 Å². The minimum atomic E-state index is -0.413. The summed E-state index contributed by atoms with van der Waals surface area (Å²) >= 11 is 0. The molecule has 1 heterocycles. The van der Waals surface area contributed by atoms with Crippen molar-refractivity contribution in [3.8, 4) is 0 Å². The number of hydrogen-bond acceptors (Lipinski definition) is 5. The number of ether oxygens (including phenoxy) is 2. The van der Waals surface area contributed by atoms with E-state index in [2.05, 4.69) is 20.4 Å². The number of rotatable bonds is 8. The van der Waals surface area contributed by atoms with Gasteiger partial charge < -0.3 is 25.1 Å². The van der Waals surface area contributed by atoms with Gasteiger partial charge in [-0.05, 0) is 12.1 Å². The Labute approximate surface area is 111 Å². The molecule has 7 heteroatoms. The molecule has 0 aliphatic rings. The normalized spacial score (nSPS) is 10.2. The summed E-state index contributed by atoms with van der Waals surface area (Å²) in [7, 11) is 2.90. The molecule has 0 aliphatic carbocycles. The molecule has 1 amide bonds. The number of methoxy groups -OCH3 is 2. The van der Waals surface area contributed by atoms with Crippen molar-refractivity contribution in [2.24, 2.45) is 0 Å². The molecule has 0 saturated heterocycles. The summed E-state index contributed by atoms with van der Waals surface area (Å²) in [5, 5.41) is 5.65. The van der Waals surface area contributed by atoms with E-state index >= 15 is 0 Å². The number of aromatic nitrogens is 1. The van der Waals surface area contributed by atoms with Gasteiger partial charge in [0.15, 0.2) is 0 Å². The van der Waals surface area contributed by atoms with Crippen molar-refractivity contribution in [3.05, 3.63) is 23.5 Å². The maximum absolute atomic E-state index is 11.4. The standard InChI is InChI=1S/C12H19N3O4/c1-18-6-5-14-11(16)8-13-7-9-3-4-10(15-9)12(17)19-2/h3-4,13,15H,5-8H2,1-2H3,(H,14,16). The summed E-state index contributed by atoms with van der Waals surface area (Å²) in [4.78, 5) is 25.5. The summed E-state index contributed by atoms with van der Waals surface area (Å²) < 4.78 is 9.40. The van der Waals surface area contributed by atoms with Crippen LogP contribution in [0.15, 0.2) is 12.1 Å². The quantitative estimate of drug-likeness (QED) is 0.443. The average molecular weight is 269 g/mol. The molecular formula is C12H19N3O4. The molecule has 0 aliphatic heterocycles. The molecule has 1 aromatic rings. The van der Waals surface area contributed by atoms with Crippen molar-refractivity contribution in [2.75, 3.05) is 33.9 Å². The fourth-order valence-corrected chi connectivity index (χ4v) is 1.44. The first-order chi connectivity index (χ1) is 9.17. The SMILES string of the molecule is COCCNC(=O)CNCc1ccc(C(=O)OC)[nH]1. The maximum atomic E-state index is 11.4. The summed E-state index contributed by atoms with van der Waals surface area (Å²) in [6.45, 7) is 1.65. The monoisotopic (exact) mass is 269 g/mol. The molecule has 3 N–H and O–H groups in total. The Morgan fingerprint density at radius 1 is 1.32 bits per heavy atom. The van der Waals surface area contributed by atoms with Gasteiger partial charge in [-0.25, -0.2) is 4.79 Å². The molecule has 0 spiro atoms. The van der Waals surface area contributed by atoms with Crippen molar-refractivity contribution in [2.45, 2.75) is 6.54 Å². The molecule has 0 atom stereocenters. The Balaban J connectivity index is 2.23. The van der Waals surface area contributed by atoms with E-state index < -0.39 is 5.97 Å². The molecule has 1 rings (SSSR count). The lowest BCUT2D eigenvalue weighted by molar-refractivity contribution is -0.120. The van der Waals surface area contributed by atoms with Crippen molar-refractivity contribution in [1.82, 2.24) is 15.6 Å². The van der Waals surface area contributed by atoms with Crippen molar-refractivity contribution >= 4 is 11.9 Å². The van der Waals surface area contributed by atoms with Crippen LogP contribution in [-0.4, -0.2) is 50.8 Å². The van der Waals surface area contributed by atoms with Crippen LogP contribution in [0.2, 0.25) is 0 Å². The first-order valence-electron chi connectivity index (χ1n) is 5.90. The van der Waals surface area contributed by atoms with E-state index in [1.807, 2.05) is 0 Å². The highest BCUT2D eigenvalue weighted by Crippen LogP contribution is 2.02. The highest BCUT2D eigenvalue weighted by atomic mass is 16.5. The number of amides is 1. The van der Waals surface area contributed by atoms with E-state index in [1.165, 1.54) is 7.11 Å². The first kappa shape index (κ1) is 15.2. The van der Waals surface area contributed by atoms with Crippen LogP contribution in [0.1, 0.15) is 16.2 Å². The van der Waals surface area contributed by atoms with Crippen LogP contribution < -0.4 is 10.6 Å². The maximum Gasteiger partial charge on any atom is 0.354 e. The van der Waals surface area contributed by atoms with Crippen molar-refractivity contribution in [3.63, 3.8) is 0 Å². The second kappa shape index (κ2) is 8.28. The lowest BCUT2D eigenvalue weighted by Crippen LogP contribution is -2.35. The zero-order valence-corrected chi connectivity index (χ0v) is 11.1. The molecule has 0 fully saturated rings. The largest absolute Gasteiger partial charge is 0.464 e. The minimum absolute atomic E-state index is 0.100. The fourth-order valence-electron chi connectivity index (χ4n) is 1.44. The van der Waals surface area contributed by atoms with E-state index in [0.29, 0.717) is 25.4 Å². The zero-order valence-electron chi connectivity index (χ0n) is 11.1.